The molecule has 0 amide bonds. The average Bonchev–Trinajstić information content (AvgIpc) is 2.61. The molecule has 3 nitrogen and oxygen atoms in total. The van der Waals surface area contributed by atoms with Crippen LogP contribution in [0.5, 0.6) is 5.75 Å². The number of halogens is 2. The first kappa shape index (κ1) is 17.1. The molecule has 1 N–H and O–H groups in total. The fraction of sp³-hybridized carbons (Fsp3) is 0. The molecular formula is C18H8F2N2OS. The third-order valence-electron chi connectivity index (χ3n) is 3.15. The Morgan fingerprint density at radius 1 is 1.17 bits per heavy atom. The number of nitrogens with zero attached hydrogens (tertiary/aromatic N) is 2. The van der Waals surface area contributed by atoms with Crippen molar-refractivity contribution in [2.45, 2.75) is 0 Å². The van der Waals surface area contributed by atoms with E-state index in [1.807, 2.05) is 12.1 Å². The maximum absolute atomic E-state index is 14.0. The molecule has 0 saturated heterocycles. The van der Waals surface area contributed by atoms with Gasteiger partial charge in [-0.15, -0.1) is 0 Å². The van der Waals surface area contributed by atoms with Crippen molar-refractivity contribution in [2.75, 3.05) is 0 Å². The van der Waals surface area contributed by atoms with E-state index in [-0.39, 0.29) is 16.7 Å². The minimum atomic E-state index is -1.22. The standard InChI is InChI=1S/C18H8F2N2OS/c19-16-8-13(15(5-6-24)17(20)18(16)23)7-14(10-22)12-3-1-11(9-21)2-4-12/h1-4,7-8,23-24H/b14-7+. The summed E-state index contributed by atoms with van der Waals surface area (Å²) in [5.41, 5.74) is 0.719. The zero-order chi connectivity index (χ0) is 17.7. The molecule has 2 aromatic carbocycles. The van der Waals surface area contributed by atoms with Crippen molar-refractivity contribution in [3.63, 3.8) is 0 Å². The first-order chi connectivity index (χ1) is 11.5. The molecule has 0 aliphatic rings. The van der Waals surface area contributed by atoms with Gasteiger partial charge in [-0.2, -0.15) is 10.5 Å². The number of aromatic hydroxyl groups is 1. The van der Waals surface area contributed by atoms with E-state index in [1.165, 1.54) is 18.2 Å². The van der Waals surface area contributed by atoms with Crippen LogP contribution in [0, 0.1) is 45.5 Å². The van der Waals surface area contributed by atoms with Gasteiger partial charge in [-0.05, 0) is 40.7 Å². The van der Waals surface area contributed by atoms with Crippen molar-refractivity contribution < 1.29 is 13.9 Å². The van der Waals surface area contributed by atoms with E-state index in [4.69, 9.17) is 5.26 Å². The zero-order valence-corrected chi connectivity index (χ0v) is 12.9. The summed E-state index contributed by atoms with van der Waals surface area (Å²) in [6.07, 6.45) is 1.25. The van der Waals surface area contributed by atoms with Crippen molar-refractivity contribution in [1.82, 2.24) is 0 Å². The highest BCUT2D eigenvalue weighted by Gasteiger charge is 2.16. The van der Waals surface area contributed by atoms with Gasteiger partial charge in [0.1, 0.15) is 0 Å². The summed E-state index contributed by atoms with van der Waals surface area (Å²) in [6.45, 7) is 0. The second-order valence-corrected chi connectivity index (χ2v) is 4.80. The van der Waals surface area contributed by atoms with Crippen molar-refractivity contribution in [3.8, 4) is 29.1 Å². The Kier molecular flexibility index (Phi) is 5.22. The van der Waals surface area contributed by atoms with E-state index in [1.54, 1.807) is 12.1 Å². The predicted molar refractivity (Wildman–Crippen MR) is 88.5 cm³/mol. The fourth-order valence-corrected chi connectivity index (χ4v) is 2.10. The van der Waals surface area contributed by atoms with E-state index in [0.29, 0.717) is 11.1 Å². The molecule has 116 valence electrons. The Morgan fingerprint density at radius 3 is 2.38 bits per heavy atom. The topological polar surface area (TPSA) is 67.8 Å². The summed E-state index contributed by atoms with van der Waals surface area (Å²) in [7, 11) is 0. The molecule has 2 aromatic rings. The van der Waals surface area contributed by atoms with E-state index in [9.17, 15) is 19.1 Å². The molecule has 0 aliphatic carbocycles. The molecule has 6 heteroatoms. The van der Waals surface area contributed by atoms with E-state index in [0.717, 1.165) is 6.07 Å². The van der Waals surface area contributed by atoms with Crippen LogP contribution in [0.3, 0.4) is 0 Å². The second-order valence-electron chi connectivity index (χ2n) is 4.58. The minimum absolute atomic E-state index is 0.00902. The summed E-state index contributed by atoms with van der Waals surface area (Å²) in [6, 6.07) is 10.9. The van der Waals surface area contributed by atoms with E-state index >= 15 is 0 Å². The maximum Gasteiger partial charge on any atom is 0.189 e. The molecule has 0 fully saturated rings. The van der Waals surface area contributed by atoms with Crippen molar-refractivity contribution >= 4 is 24.3 Å². The van der Waals surface area contributed by atoms with Crippen molar-refractivity contribution in [3.05, 3.63) is 64.2 Å². The monoisotopic (exact) mass is 338 g/mol. The lowest BCUT2D eigenvalue weighted by atomic mass is 9.99. The van der Waals surface area contributed by atoms with Gasteiger partial charge in [-0.25, -0.2) is 8.78 Å². The zero-order valence-electron chi connectivity index (χ0n) is 12.0. The van der Waals surface area contributed by atoms with Crippen LogP contribution in [0.15, 0.2) is 30.3 Å². The summed E-state index contributed by atoms with van der Waals surface area (Å²) in [5, 5.41) is 29.6. The largest absolute Gasteiger partial charge is 0.503 e. The molecule has 24 heavy (non-hydrogen) atoms. The van der Waals surface area contributed by atoms with Gasteiger partial charge in [0.25, 0.3) is 0 Å². The Bertz CT molecular complexity index is 972. The first-order valence-electron chi connectivity index (χ1n) is 6.50. The fourth-order valence-electron chi connectivity index (χ4n) is 1.98. The van der Waals surface area contributed by atoms with Crippen LogP contribution < -0.4 is 0 Å². The SMILES string of the molecule is N#C/C(=C\c1cc(F)c(O)c(F)c1C#CS)c1ccc(C#N)cc1. The number of thiol groups is 1. The predicted octanol–water partition coefficient (Wildman–Crippen LogP) is 3.85. The van der Waals surface area contributed by atoms with Gasteiger partial charge < -0.3 is 5.11 Å². The van der Waals surface area contributed by atoms with E-state index < -0.39 is 17.4 Å². The van der Waals surface area contributed by atoms with Crippen LogP contribution in [-0.2, 0) is 0 Å². The molecular weight excluding hydrogens is 330 g/mol. The van der Waals surface area contributed by atoms with Crippen LogP contribution in [-0.4, -0.2) is 5.11 Å². The van der Waals surface area contributed by atoms with Gasteiger partial charge in [-0.1, -0.05) is 30.7 Å². The Labute approximate surface area is 142 Å². The molecule has 2 rings (SSSR count). The first-order valence-corrected chi connectivity index (χ1v) is 6.95. The normalized spacial score (nSPS) is 10.3. The van der Waals surface area contributed by atoms with Crippen molar-refractivity contribution in [1.29, 1.82) is 10.5 Å². The van der Waals surface area contributed by atoms with E-state index in [2.05, 4.69) is 23.8 Å². The molecule has 0 unspecified atom stereocenters. The highest BCUT2D eigenvalue weighted by Crippen LogP contribution is 2.29. The number of allylic oxidation sites excluding steroid dienone is 1. The van der Waals surface area contributed by atoms with Crippen LogP contribution in [0.25, 0.3) is 11.6 Å². The number of rotatable bonds is 2. The number of hydrogen-bond donors (Lipinski definition) is 2. The summed E-state index contributed by atoms with van der Waals surface area (Å²) < 4.78 is 27.6. The van der Waals surface area contributed by atoms with Gasteiger partial charge in [-0.3, -0.25) is 0 Å². The van der Waals surface area contributed by atoms with Gasteiger partial charge in [0.2, 0.25) is 0 Å². The smallest absolute Gasteiger partial charge is 0.189 e. The number of phenols is 1. The third-order valence-corrected chi connectivity index (χ3v) is 3.26. The van der Waals surface area contributed by atoms with Crippen LogP contribution >= 0.6 is 12.6 Å². The second kappa shape index (κ2) is 7.33. The molecule has 0 saturated carbocycles. The number of phenolic OH excluding ortho intramolecular Hbond substituents is 1. The number of hydrogen-bond acceptors (Lipinski definition) is 4. The minimum Gasteiger partial charge on any atom is -0.503 e. The molecule has 0 aromatic heterocycles. The Morgan fingerprint density at radius 2 is 1.83 bits per heavy atom. The van der Waals surface area contributed by atoms with Crippen LogP contribution in [0.4, 0.5) is 8.78 Å². The lowest BCUT2D eigenvalue weighted by Crippen LogP contribution is -1.94. The summed E-state index contributed by atoms with van der Waals surface area (Å²) >= 11 is 3.67. The molecule has 0 heterocycles. The number of nitriles is 2. The van der Waals surface area contributed by atoms with Gasteiger partial charge in [0, 0.05) is 0 Å². The van der Waals surface area contributed by atoms with Crippen LogP contribution in [0.2, 0.25) is 0 Å². The highest BCUT2D eigenvalue weighted by atomic mass is 32.1. The van der Waals surface area contributed by atoms with Gasteiger partial charge >= 0.3 is 0 Å². The Hall–Kier alpha value is -3.27. The third kappa shape index (κ3) is 3.38. The molecule has 0 bridgehead atoms. The molecule has 0 atom stereocenters. The van der Waals surface area contributed by atoms with Crippen LogP contribution in [0.1, 0.15) is 22.3 Å². The molecule has 0 spiro atoms. The highest BCUT2D eigenvalue weighted by molar-refractivity contribution is 7.85. The quantitative estimate of drug-likeness (QED) is 0.378. The van der Waals surface area contributed by atoms with Gasteiger partial charge in [0.15, 0.2) is 17.4 Å². The Balaban J connectivity index is 2.64. The van der Waals surface area contributed by atoms with Gasteiger partial charge in [0.05, 0.1) is 28.8 Å². The summed E-state index contributed by atoms with van der Waals surface area (Å²) in [5.74, 6) is -1.20. The number of benzene rings is 2. The maximum atomic E-state index is 14.0. The van der Waals surface area contributed by atoms with Crippen molar-refractivity contribution in [2.24, 2.45) is 0 Å². The lowest BCUT2D eigenvalue weighted by Gasteiger charge is -2.06. The lowest BCUT2D eigenvalue weighted by molar-refractivity contribution is 0.395. The summed E-state index contributed by atoms with van der Waals surface area (Å²) in [4.78, 5) is 0. The molecule has 0 aliphatic heterocycles. The average molecular weight is 338 g/mol. The molecule has 0 radical (unpaired) electrons.